The third kappa shape index (κ3) is 2.25. The average Bonchev–Trinajstić information content (AvgIpc) is 2.21. The molecule has 5 heteroatoms. The monoisotopic (exact) mass is 210 g/mol. The fourth-order valence-electron chi connectivity index (χ4n) is 1.13. The van der Waals surface area contributed by atoms with Crippen LogP contribution in [0.3, 0.4) is 0 Å². The highest BCUT2D eigenvalue weighted by Crippen LogP contribution is 2.31. The van der Waals surface area contributed by atoms with E-state index in [-0.39, 0.29) is 23.5 Å². The molecule has 0 fully saturated rings. The minimum Gasteiger partial charge on any atom is -0.504 e. The Bertz CT molecular complexity index is 397. The molecule has 0 unspecified atom stereocenters. The van der Waals surface area contributed by atoms with Crippen LogP contribution in [0.25, 0.3) is 0 Å². The summed E-state index contributed by atoms with van der Waals surface area (Å²) in [5, 5.41) is 18.2. The quantitative estimate of drug-likeness (QED) is 0.732. The van der Waals surface area contributed by atoms with Gasteiger partial charge >= 0.3 is 5.97 Å². The van der Waals surface area contributed by atoms with E-state index < -0.39 is 11.7 Å². The fraction of sp³-hybridized carbons (Fsp3) is 0.200. The van der Waals surface area contributed by atoms with Gasteiger partial charge in [-0.25, -0.2) is 4.79 Å². The van der Waals surface area contributed by atoms with Crippen molar-refractivity contribution in [1.29, 1.82) is 0 Å². The Hall–Kier alpha value is -2.04. The second-order valence-electron chi connectivity index (χ2n) is 2.77. The maximum atomic E-state index is 10.7. The van der Waals surface area contributed by atoms with Crippen LogP contribution in [-0.2, 0) is 0 Å². The van der Waals surface area contributed by atoms with Gasteiger partial charge in [-0.05, 0) is 19.1 Å². The topological polar surface area (TPSA) is 83.8 Å². The minimum atomic E-state index is -1.31. The Balaban J connectivity index is 3.32. The van der Waals surface area contributed by atoms with Gasteiger partial charge in [0.15, 0.2) is 11.5 Å². The molecule has 0 saturated heterocycles. The first-order valence-corrected chi connectivity index (χ1v) is 4.28. The van der Waals surface area contributed by atoms with Gasteiger partial charge in [0.05, 0.1) is 6.61 Å². The highest BCUT2D eigenvalue weighted by Gasteiger charge is 2.16. The largest absolute Gasteiger partial charge is 0.504 e. The molecule has 0 saturated carbocycles. The molecule has 0 bridgehead atoms. The molecule has 0 aliphatic rings. The molecule has 5 nitrogen and oxygen atoms in total. The van der Waals surface area contributed by atoms with Crippen molar-refractivity contribution in [2.75, 3.05) is 6.61 Å². The highest BCUT2D eigenvalue weighted by atomic mass is 16.5. The number of carbonyl (C=O) groups is 2. The van der Waals surface area contributed by atoms with Crippen LogP contribution in [0.1, 0.15) is 27.6 Å². The van der Waals surface area contributed by atoms with Crippen LogP contribution in [-0.4, -0.2) is 29.1 Å². The second kappa shape index (κ2) is 4.45. The Labute approximate surface area is 85.9 Å². The van der Waals surface area contributed by atoms with Crippen LogP contribution >= 0.6 is 0 Å². The van der Waals surface area contributed by atoms with E-state index in [2.05, 4.69) is 0 Å². The summed E-state index contributed by atoms with van der Waals surface area (Å²) in [6, 6.07) is 2.38. The number of hydrogen-bond acceptors (Lipinski definition) is 4. The lowest BCUT2D eigenvalue weighted by atomic mass is 10.1. The molecule has 0 spiro atoms. The zero-order chi connectivity index (χ0) is 11.4. The molecule has 0 amide bonds. The zero-order valence-electron chi connectivity index (χ0n) is 8.06. The van der Waals surface area contributed by atoms with Crippen molar-refractivity contribution in [3.63, 3.8) is 0 Å². The van der Waals surface area contributed by atoms with Crippen molar-refractivity contribution in [3.8, 4) is 11.5 Å². The van der Waals surface area contributed by atoms with Crippen LogP contribution in [0.15, 0.2) is 12.1 Å². The summed E-state index contributed by atoms with van der Waals surface area (Å²) < 4.78 is 5.00. The predicted molar refractivity (Wildman–Crippen MR) is 51.6 cm³/mol. The molecule has 0 atom stereocenters. The summed E-state index contributed by atoms with van der Waals surface area (Å²) in [5.41, 5.74) is -0.197. The van der Waals surface area contributed by atoms with E-state index >= 15 is 0 Å². The lowest BCUT2D eigenvalue weighted by Gasteiger charge is -2.08. The molecule has 0 radical (unpaired) electrons. The van der Waals surface area contributed by atoms with Crippen molar-refractivity contribution in [2.45, 2.75) is 6.92 Å². The normalized spacial score (nSPS) is 9.67. The summed E-state index contributed by atoms with van der Waals surface area (Å²) >= 11 is 0. The molecule has 80 valence electrons. The number of carbonyl (C=O) groups excluding carboxylic acids is 1. The van der Waals surface area contributed by atoms with E-state index in [1.54, 1.807) is 6.92 Å². The van der Waals surface area contributed by atoms with Gasteiger partial charge in [-0.1, -0.05) is 0 Å². The molecular weight excluding hydrogens is 200 g/mol. The third-order valence-corrected chi connectivity index (χ3v) is 1.76. The highest BCUT2D eigenvalue weighted by molar-refractivity contribution is 5.94. The van der Waals surface area contributed by atoms with Crippen molar-refractivity contribution in [2.24, 2.45) is 0 Å². The first-order chi connectivity index (χ1) is 7.10. The number of phenols is 1. The molecule has 0 aromatic heterocycles. The smallest absolute Gasteiger partial charge is 0.339 e. The minimum absolute atomic E-state index is 0.000463. The van der Waals surface area contributed by atoms with Crippen molar-refractivity contribution < 1.29 is 24.5 Å². The van der Waals surface area contributed by atoms with Gasteiger partial charge in [0, 0.05) is 5.56 Å². The number of benzene rings is 1. The molecule has 0 heterocycles. The number of hydrogen-bond donors (Lipinski definition) is 2. The number of aldehydes is 1. The summed E-state index contributed by atoms with van der Waals surface area (Å²) in [4.78, 5) is 21.2. The predicted octanol–water partition coefficient (Wildman–Crippen LogP) is 1.30. The van der Waals surface area contributed by atoms with Crippen LogP contribution in [0, 0.1) is 0 Å². The van der Waals surface area contributed by atoms with Crippen molar-refractivity contribution >= 4 is 12.3 Å². The lowest BCUT2D eigenvalue weighted by molar-refractivity contribution is 0.0693. The van der Waals surface area contributed by atoms with Gasteiger partial charge in [0.2, 0.25) is 0 Å². The molecule has 0 aliphatic heterocycles. The first kappa shape index (κ1) is 11.0. The van der Waals surface area contributed by atoms with Gasteiger partial charge in [0.25, 0.3) is 0 Å². The van der Waals surface area contributed by atoms with Crippen LogP contribution in [0.4, 0.5) is 0 Å². The van der Waals surface area contributed by atoms with Crippen molar-refractivity contribution in [3.05, 3.63) is 23.3 Å². The number of aromatic carboxylic acids is 1. The number of carboxylic acids is 1. The number of carboxylic acid groups (broad SMARTS) is 1. The Kier molecular flexibility index (Phi) is 3.28. The van der Waals surface area contributed by atoms with Crippen LogP contribution < -0.4 is 4.74 Å². The summed E-state index contributed by atoms with van der Waals surface area (Å²) in [6.07, 6.45) is 0.494. The molecule has 2 N–H and O–H groups in total. The van der Waals surface area contributed by atoms with E-state index in [1.807, 2.05) is 0 Å². The number of ether oxygens (including phenoxy) is 1. The van der Waals surface area contributed by atoms with Gasteiger partial charge < -0.3 is 14.9 Å². The summed E-state index contributed by atoms with van der Waals surface area (Å²) in [6.45, 7) is 1.96. The first-order valence-electron chi connectivity index (χ1n) is 4.28. The average molecular weight is 210 g/mol. The van der Waals surface area contributed by atoms with E-state index in [1.165, 1.54) is 6.07 Å². The molecular formula is C10H10O5. The van der Waals surface area contributed by atoms with Gasteiger partial charge in [-0.15, -0.1) is 0 Å². The summed E-state index contributed by atoms with van der Waals surface area (Å²) in [5.74, 6) is -1.77. The summed E-state index contributed by atoms with van der Waals surface area (Å²) in [7, 11) is 0. The number of aromatic hydroxyl groups is 1. The Morgan fingerprint density at radius 1 is 1.53 bits per heavy atom. The van der Waals surface area contributed by atoms with Crippen molar-refractivity contribution in [1.82, 2.24) is 0 Å². The number of rotatable bonds is 4. The van der Waals surface area contributed by atoms with E-state index in [4.69, 9.17) is 9.84 Å². The lowest BCUT2D eigenvalue weighted by Crippen LogP contribution is -2.01. The molecule has 1 rings (SSSR count). The molecule has 15 heavy (non-hydrogen) atoms. The second-order valence-corrected chi connectivity index (χ2v) is 2.77. The molecule has 0 aliphatic carbocycles. The van der Waals surface area contributed by atoms with E-state index in [0.29, 0.717) is 6.29 Å². The van der Waals surface area contributed by atoms with Gasteiger partial charge in [-0.3, -0.25) is 4.79 Å². The molecule has 1 aromatic carbocycles. The fourth-order valence-corrected chi connectivity index (χ4v) is 1.13. The zero-order valence-corrected chi connectivity index (χ0v) is 8.06. The van der Waals surface area contributed by atoms with Crippen LogP contribution in [0.5, 0.6) is 11.5 Å². The standard InChI is InChI=1S/C10H10O5/c1-2-15-8-4-6(5-11)3-7(9(8)12)10(13)14/h3-5,12H,2H2,1H3,(H,13,14). The SMILES string of the molecule is CCOc1cc(C=O)cc(C(=O)O)c1O. The maximum Gasteiger partial charge on any atom is 0.339 e. The van der Waals surface area contributed by atoms with Gasteiger partial charge in [0.1, 0.15) is 11.8 Å². The Morgan fingerprint density at radius 3 is 2.67 bits per heavy atom. The van der Waals surface area contributed by atoms with E-state index in [0.717, 1.165) is 6.07 Å². The van der Waals surface area contributed by atoms with Gasteiger partial charge in [-0.2, -0.15) is 0 Å². The molecule has 1 aromatic rings. The maximum absolute atomic E-state index is 10.7. The van der Waals surface area contributed by atoms with E-state index in [9.17, 15) is 14.7 Å². The van der Waals surface area contributed by atoms with Crippen LogP contribution in [0.2, 0.25) is 0 Å². The third-order valence-electron chi connectivity index (χ3n) is 1.76. The Morgan fingerprint density at radius 2 is 2.20 bits per heavy atom.